The molecule has 0 nitrogen and oxygen atoms in total. The Kier molecular flexibility index (Phi) is 4.72. The summed E-state index contributed by atoms with van der Waals surface area (Å²) < 4.78 is 0. The summed E-state index contributed by atoms with van der Waals surface area (Å²) in [6.45, 7) is 8.32. The van der Waals surface area contributed by atoms with Crippen molar-refractivity contribution in [1.29, 1.82) is 0 Å². The largest absolute Gasteiger partial charge is 0.0588 e. The van der Waals surface area contributed by atoms with Crippen LogP contribution >= 0.6 is 0 Å². The van der Waals surface area contributed by atoms with Crippen LogP contribution in [-0.2, 0) is 6.42 Å². The fourth-order valence-corrected chi connectivity index (χ4v) is 1.58. The minimum Gasteiger partial charge on any atom is -0.0588 e. The molecular weight excluding hydrogens is 168 g/mol. The van der Waals surface area contributed by atoms with Crippen LogP contribution in [0.3, 0.4) is 0 Å². The Bertz CT molecular complexity index is 243. The van der Waals surface area contributed by atoms with Gasteiger partial charge in [0.1, 0.15) is 0 Å². The second-order valence-electron chi connectivity index (χ2n) is 4.21. The highest BCUT2D eigenvalue weighted by Gasteiger charge is 1.98. The molecule has 1 rings (SSSR count). The van der Waals surface area contributed by atoms with Crippen LogP contribution in [0.15, 0.2) is 24.3 Å². The predicted molar refractivity (Wildman–Crippen MR) is 63.4 cm³/mol. The van der Waals surface area contributed by atoms with Gasteiger partial charge in [-0.25, -0.2) is 0 Å². The van der Waals surface area contributed by atoms with Crippen LogP contribution in [0.5, 0.6) is 0 Å². The average Bonchev–Trinajstić information content (AvgIpc) is 2.19. The van der Waals surface area contributed by atoms with Gasteiger partial charge in [0.2, 0.25) is 0 Å². The Morgan fingerprint density at radius 1 is 1.07 bits per heavy atom. The number of unbranched alkanes of at least 4 members (excludes halogenated alkanes) is 2. The second kappa shape index (κ2) is 5.85. The topological polar surface area (TPSA) is 0 Å². The molecule has 0 N–H and O–H groups in total. The Balaban J connectivity index is 2.47. The van der Waals surface area contributed by atoms with Crippen molar-refractivity contribution in [3.05, 3.63) is 42.3 Å². The molecule has 0 spiro atoms. The summed E-state index contributed by atoms with van der Waals surface area (Å²) in [5.74, 6) is 0.642. The molecule has 0 amide bonds. The molecule has 0 aliphatic carbocycles. The molecule has 0 aromatic heterocycles. The molecule has 0 bridgehead atoms. The summed E-state index contributed by atoms with van der Waals surface area (Å²) in [7, 11) is 0. The molecule has 1 aromatic carbocycles. The molecule has 14 heavy (non-hydrogen) atoms. The molecule has 0 saturated carbocycles. The van der Waals surface area contributed by atoms with E-state index in [4.69, 9.17) is 0 Å². The predicted octanol–water partition coefficient (Wildman–Crippen LogP) is 4.36. The number of hydrogen-bond acceptors (Lipinski definition) is 0. The lowest BCUT2D eigenvalue weighted by molar-refractivity contribution is 0.745. The standard InChI is InChI=1S/C14H21/c1-4-5-6-7-13-8-10-14(11-9-13)12(2)3/h8-12H,1,4-7H2,2-3H3. The van der Waals surface area contributed by atoms with Crippen LogP contribution in [0.2, 0.25) is 0 Å². The molecule has 0 heteroatoms. The van der Waals surface area contributed by atoms with E-state index in [1.54, 1.807) is 0 Å². The average molecular weight is 189 g/mol. The van der Waals surface area contributed by atoms with E-state index in [0.29, 0.717) is 5.92 Å². The van der Waals surface area contributed by atoms with E-state index in [2.05, 4.69) is 45.0 Å². The van der Waals surface area contributed by atoms with Gasteiger partial charge in [0.25, 0.3) is 0 Å². The van der Waals surface area contributed by atoms with Crippen molar-refractivity contribution in [3.8, 4) is 0 Å². The van der Waals surface area contributed by atoms with Gasteiger partial charge in [-0.05, 0) is 29.9 Å². The van der Waals surface area contributed by atoms with E-state index in [0.717, 1.165) is 6.42 Å². The van der Waals surface area contributed by atoms with Crippen molar-refractivity contribution in [2.24, 2.45) is 0 Å². The third-order valence-electron chi connectivity index (χ3n) is 2.61. The van der Waals surface area contributed by atoms with E-state index in [9.17, 15) is 0 Å². The highest BCUT2D eigenvalue weighted by Crippen LogP contribution is 2.15. The zero-order chi connectivity index (χ0) is 10.4. The number of aryl methyl sites for hydroxylation is 1. The highest BCUT2D eigenvalue weighted by molar-refractivity contribution is 5.24. The summed E-state index contributed by atoms with van der Waals surface area (Å²) in [6, 6.07) is 9.03. The first kappa shape index (κ1) is 11.3. The summed E-state index contributed by atoms with van der Waals surface area (Å²) >= 11 is 0. The molecule has 77 valence electrons. The molecule has 0 fully saturated rings. The van der Waals surface area contributed by atoms with E-state index < -0.39 is 0 Å². The number of rotatable bonds is 5. The monoisotopic (exact) mass is 189 g/mol. The van der Waals surface area contributed by atoms with E-state index in [1.165, 1.54) is 30.4 Å². The Hall–Kier alpha value is -0.780. The molecule has 0 saturated heterocycles. The van der Waals surface area contributed by atoms with E-state index >= 15 is 0 Å². The molecule has 1 radical (unpaired) electrons. The van der Waals surface area contributed by atoms with Gasteiger partial charge in [0, 0.05) is 0 Å². The van der Waals surface area contributed by atoms with Crippen molar-refractivity contribution >= 4 is 0 Å². The van der Waals surface area contributed by atoms with Gasteiger partial charge >= 0.3 is 0 Å². The van der Waals surface area contributed by atoms with Crippen LogP contribution in [0.4, 0.5) is 0 Å². The minimum absolute atomic E-state index is 0.642. The Morgan fingerprint density at radius 3 is 2.21 bits per heavy atom. The fraction of sp³-hybridized carbons (Fsp3) is 0.500. The number of benzene rings is 1. The molecule has 0 aliphatic rings. The molecule has 0 heterocycles. The van der Waals surface area contributed by atoms with Gasteiger partial charge < -0.3 is 0 Å². The van der Waals surface area contributed by atoms with Gasteiger partial charge in [0.05, 0.1) is 0 Å². The van der Waals surface area contributed by atoms with Crippen LogP contribution < -0.4 is 0 Å². The molecular formula is C14H21. The van der Waals surface area contributed by atoms with Crippen LogP contribution in [0.1, 0.15) is 50.2 Å². The molecule has 0 unspecified atom stereocenters. The molecule has 0 aliphatic heterocycles. The van der Waals surface area contributed by atoms with Crippen LogP contribution in [0.25, 0.3) is 0 Å². The lowest BCUT2D eigenvalue weighted by atomic mass is 10.00. The maximum absolute atomic E-state index is 3.85. The van der Waals surface area contributed by atoms with Crippen LogP contribution in [-0.4, -0.2) is 0 Å². The first-order valence-electron chi connectivity index (χ1n) is 5.62. The van der Waals surface area contributed by atoms with Crippen molar-refractivity contribution < 1.29 is 0 Å². The van der Waals surface area contributed by atoms with Crippen LogP contribution in [0, 0.1) is 6.92 Å². The lowest BCUT2D eigenvalue weighted by Gasteiger charge is -2.06. The summed E-state index contributed by atoms with van der Waals surface area (Å²) in [5, 5.41) is 0. The van der Waals surface area contributed by atoms with Crippen molar-refractivity contribution in [3.63, 3.8) is 0 Å². The van der Waals surface area contributed by atoms with Gasteiger partial charge in [-0.2, -0.15) is 0 Å². The first-order chi connectivity index (χ1) is 6.74. The lowest BCUT2D eigenvalue weighted by Crippen LogP contribution is -1.89. The third-order valence-corrected chi connectivity index (χ3v) is 2.61. The molecule has 1 aromatic rings. The third kappa shape index (κ3) is 3.53. The van der Waals surface area contributed by atoms with Gasteiger partial charge in [-0.15, -0.1) is 0 Å². The van der Waals surface area contributed by atoms with E-state index in [1.807, 2.05) is 0 Å². The summed E-state index contributed by atoms with van der Waals surface area (Å²) in [4.78, 5) is 0. The Labute approximate surface area is 88.4 Å². The van der Waals surface area contributed by atoms with Gasteiger partial charge in [-0.3, -0.25) is 0 Å². The van der Waals surface area contributed by atoms with Gasteiger partial charge in [0.15, 0.2) is 0 Å². The van der Waals surface area contributed by atoms with Gasteiger partial charge in [-0.1, -0.05) is 57.9 Å². The summed E-state index contributed by atoms with van der Waals surface area (Å²) in [5.41, 5.74) is 2.90. The van der Waals surface area contributed by atoms with Crippen molar-refractivity contribution in [1.82, 2.24) is 0 Å². The number of hydrogen-bond donors (Lipinski definition) is 0. The van der Waals surface area contributed by atoms with Crippen molar-refractivity contribution in [2.45, 2.75) is 45.4 Å². The highest BCUT2D eigenvalue weighted by atomic mass is 14.0. The van der Waals surface area contributed by atoms with E-state index in [-0.39, 0.29) is 0 Å². The zero-order valence-corrected chi connectivity index (χ0v) is 9.42. The molecule has 0 atom stereocenters. The minimum atomic E-state index is 0.642. The maximum Gasteiger partial charge on any atom is -0.0219 e. The smallest absolute Gasteiger partial charge is 0.0219 e. The summed E-state index contributed by atoms with van der Waals surface area (Å²) in [6.07, 6.45) is 4.77. The first-order valence-corrected chi connectivity index (χ1v) is 5.62. The van der Waals surface area contributed by atoms with Crippen molar-refractivity contribution in [2.75, 3.05) is 0 Å². The second-order valence-corrected chi connectivity index (χ2v) is 4.21. The Morgan fingerprint density at radius 2 is 1.71 bits per heavy atom. The maximum atomic E-state index is 3.85. The normalized spacial score (nSPS) is 10.9. The SMILES string of the molecule is [CH2]CCCCc1ccc(C(C)C)cc1. The fourth-order valence-electron chi connectivity index (χ4n) is 1.58. The zero-order valence-electron chi connectivity index (χ0n) is 9.42. The quantitative estimate of drug-likeness (QED) is 0.604.